The van der Waals surface area contributed by atoms with Crippen molar-refractivity contribution in [2.75, 3.05) is 24.5 Å². The van der Waals surface area contributed by atoms with Crippen LogP contribution in [0.4, 0.5) is 10.2 Å². The zero-order valence-electron chi connectivity index (χ0n) is 17.8. The Morgan fingerprint density at radius 1 is 1.23 bits per heavy atom. The highest BCUT2D eigenvalue weighted by Crippen LogP contribution is 2.19. The first-order valence-corrected chi connectivity index (χ1v) is 11.6. The second-order valence-corrected chi connectivity index (χ2v) is 9.28. The normalized spacial score (nSPS) is 19.3. The fourth-order valence-electron chi connectivity index (χ4n) is 3.47. The number of benzene rings is 1. The van der Waals surface area contributed by atoms with Crippen LogP contribution in [0.25, 0.3) is 0 Å². The third kappa shape index (κ3) is 5.78. The molecular formula is C21H27FN4O4S. The molecule has 31 heavy (non-hydrogen) atoms. The van der Waals surface area contributed by atoms with Crippen LogP contribution in [0.5, 0.6) is 0 Å². The van der Waals surface area contributed by atoms with Gasteiger partial charge in [0, 0.05) is 32.4 Å². The van der Waals surface area contributed by atoms with Crippen LogP contribution in [0.3, 0.4) is 0 Å². The smallest absolute Gasteiger partial charge is 0.254 e. The zero-order valence-corrected chi connectivity index (χ0v) is 18.6. The Hall–Kier alpha value is -2.56. The van der Waals surface area contributed by atoms with E-state index in [-0.39, 0.29) is 35.8 Å². The van der Waals surface area contributed by atoms with Crippen molar-refractivity contribution >= 4 is 21.7 Å². The molecule has 2 heterocycles. The van der Waals surface area contributed by atoms with Gasteiger partial charge in [0.05, 0.1) is 22.7 Å². The lowest BCUT2D eigenvalue weighted by Gasteiger charge is -2.36. The van der Waals surface area contributed by atoms with Gasteiger partial charge in [-0.2, -0.15) is 0 Å². The summed E-state index contributed by atoms with van der Waals surface area (Å²) in [5.74, 6) is -0.674. The highest BCUT2D eigenvalue weighted by atomic mass is 32.2. The minimum atomic E-state index is -3.79. The van der Waals surface area contributed by atoms with Gasteiger partial charge >= 0.3 is 0 Å². The van der Waals surface area contributed by atoms with E-state index < -0.39 is 21.7 Å². The molecule has 1 saturated heterocycles. The lowest BCUT2D eigenvalue weighted by molar-refractivity contribution is -0.00546. The van der Waals surface area contributed by atoms with E-state index in [1.807, 2.05) is 26.0 Å². The third-order valence-electron chi connectivity index (χ3n) is 4.83. The number of aromatic nitrogens is 1. The van der Waals surface area contributed by atoms with Gasteiger partial charge in [0.1, 0.15) is 11.6 Å². The summed E-state index contributed by atoms with van der Waals surface area (Å²) in [6, 6.07) is 6.84. The molecule has 1 aliphatic rings. The molecule has 0 saturated carbocycles. The van der Waals surface area contributed by atoms with Crippen LogP contribution in [0.15, 0.2) is 41.4 Å². The molecule has 1 aromatic carbocycles. The number of morpholine rings is 1. The van der Waals surface area contributed by atoms with Crippen molar-refractivity contribution in [1.82, 2.24) is 15.0 Å². The van der Waals surface area contributed by atoms with Crippen molar-refractivity contribution in [3.05, 3.63) is 53.5 Å². The van der Waals surface area contributed by atoms with Crippen molar-refractivity contribution in [3.63, 3.8) is 0 Å². The van der Waals surface area contributed by atoms with Gasteiger partial charge in [-0.25, -0.2) is 22.5 Å². The predicted molar refractivity (Wildman–Crippen MR) is 115 cm³/mol. The summed E-state index contributed by atoms with van der Waals surface area (Å²) < 4.78 is 46.4. The number of sulfonamides is 1. The molecule has 2 unspecified atom stereocenters. The molecule has 0 bridgehead atoms. The number of hydrogen-bond acceptors (Lipinski definition) is 6. The maximum atomic E-state index is 14.1. The number of nitrogens with one attached hydrogen (secondary N) is 2. The standard InChI is InChI=1S/C21H27FN4O4S/c1-4-25-31(28,29)17-6-7-19(22)18(9-17)21(27)24-11-16-5-8-20(23-10-16)26-12-14(2)30-15(3)13-26/h5-10,14-15,25H,4,11-13H2,1-3H3,(H,24,27). The average Bonchev–Trinajstić information content (AvgIpc) is 2.72. The van der Waals surface area contributed by atoms with Crippen LogP contribution in [-0.4, -0.2) is 51.2 Å². The number of pyridine rings is 1. The topological polar surface area (TPSA) is 101 Å². The maximum Gasteiger partial charge on any atom is 0.254 e. The van der Waals surface area contributed by atoms with E-state index in [4.69, 9.17) is 4.74 Å². The first-order chi connectivity index (χ1) is 14.7. The van der Waals surface area contributed by atoms with Crippen LogP contribution in [0.1, 0.15) is 36.7 Å². The van der Waals surface area contributed by atoms with E-state index in [0.29, 0.717) is 0 Å². The van der Waals surface area contributed by atoms with Gasteiger partial charge in [0.25, 0.3) is 5.91 Å². The van der Waals surface area contributed by atoms with Crippen LogP contribution in [0, 0.1) is 5.82 Å². The highest BCUT2D eigenvalue weighted by Gasteiger charge is 2.23. The summed E-state index contributed by atoms with van der Waals surface area (Å²) in [6.07, 6.45) is 1.89. The molecule has 168 valence electrons. The van der Waals surface area contributed by atoms with E-state index in [2.05, 4.69) is 19.9 Å². The molecule has 1 fully saturated rings. The van der Waals surface area contributed by atoms with Gasteiger partial charge in [-0.3, -0.25) is 4.79 Å². The van der Waals surface area contributed by atoms with E-state index in [9.17, 15) is 17.6 Å². The molecule has 0 radical (unpaired) electrons. The van der Waals surface area contributed by atoms with Gasteiger partial charge in [-0.15, -0.1) is 0 Å². The molecule has 0 spiro atoms. The lowest BCUT2D eigenvalue weighted by Crippen LogP contribution is -2.45. The first-order valence-electron chi connectivity index (χ1n) is 10.1. The summed E-state index contributed by atoms with van der Waals surface area (Å²) in [4.78, 5) is 18.9. The molecule has 3 rings (SSSR count). The zero-order chi connectivity index (χ0) is 22.6. The van der Waals surface area contributed by atoms with Gasteiger partial charge in [-0.1, -0.05) is 13.0 Å². The number of carbonyl (C=O) groups excluding carboxylic acids is 1. The van der Waals surface area contributed by atoms with Gasteiger partial charge in [-0.05, 0) is 43.7 Å². The largest absolute Gasteiger partial charge is 0.372 e. The van der Waals surface area contributed by atoms with Crippen molar-refractivity contribution in [2.24, 2.45) is 0 Å². The van der Waals surface area contributed by atoms with Gasteiger partial charge in [0.15, 0.2) is 0 Å². The Labute approximate surface area is 181 Å². The number of carbonyl (C=O) groups is 1. The number of nitrogens with zero attached hydrogens (tertiary/aromatic N) is 2. The summed E-state index contributed by atoms with van der Waals surface area (Å²) >= 11 is 0. The Morgan fingerprint density at radius 3 is 2.55 bits per heavy atom. The highest BCUT2D eigenvalue weighted by molar-refractivity contribution is 7.89. The average molecular weight is 451 g/mol. The van der Waals surface area contributed by atoms with E-state index in [1.54, 1.807) is 13.1 Å². The number of hydrogen-bond donors (Lipinski definition) is 2. The van der Waals surface area contributed by atoms with Crippen molar-refractivity contribution in [1.29, 1.82) is 0 Å². The number of rotatable bonds is 7. The Kier molecular flexibility index (Phi) is 7.24. The molecular weight excluding hydrogens is 423 g/mol. The number of ether oxygens (including phenoxy) is 1. The SMILES string of the molecule is CCNS(=O)(=O)c1ccc(F)c(C(=O)NCc2ccc(N3CC(C)OC(C)C3)nc2)c1. The summed E-state index contributed by atoms with van der Waals surface area (Å²) in [6.45, 7) is 7.48. The number of anilines is 1. The molecule has 8 nitrogen and oxygen atoms in total. The molecule has 2 atom stereocenters. The van der Waals surface area contributed by atoms with E-state index >= 15 is 0 Å². The van der Waals surface area contributed by atoms with E-state index in [0.717, 1.165) is 42.7 Å². The van der Waals surface area contributed by atoms with Crippen molar-refractivity contribution < 1.29 is 22.3 Å². The molecule has 0 aliphatic carbocycles. The van der Waals surface area contributed by atoms with Crippen LogP contribution >= 0.6 is 0 Å². The molecule has 2 aromatic rings. The summed E-state index contributed by atoms with van der Waals surface area (Å²) in [5.41, 5.74) is 0.406. The Bertz CT molecular complexity index is 1020. The number of amides is 1. The maximum absolute atomic E-state index is 14.1. The Morgan fingerprint density at radius 2 is 1.94 bits per heavy atom. The predicted octanol–water partition coefficient (Wildman–Crippen LogP) is 2.06. The van der Waals surface area contributed by atoms with Gasteiger partial charge < -0.3 is 15.0 Å². The molecule has 2 N–H and O–H groups in total. The van der Waals surface area contributed by atoms with Gasteiger partial charge in [0.2, 0.25) is 10.0 Å². The minimum Gasteiger partial charge on any atom is -0.372 e. The fraction of sp³-hybridized carbons (Fsp3) is 0.429. The monoisotopic (exact) mass is 450 g/mol. The summed E-state index contributed by atoms with van der Waals surface area (Å²) in [5, 5.41) is 2.61. The van der Waals surface area contributed by atoms with Crippen molar-refractivity contribution in [3.8, 4) is 0 Å². The van der Waals surface area contributed by atoms with Crippen LogP contribution in [0.2, 0.25) is 0 Å². The summed E-state index contributed by atoms with van der Waals surface area (Å²) in [7, 11) is -3.79. The number of halogens is 1. The molecule has 10 heteroatoms. The van der Waals surface area contributed by atoms with E-state index in [1.165, 1.54) is 0 Å². The second kappa shape index (κ2) is 9.71. The quantitative estimate of drug-likeness (QED) is 0.670. The lowest BCUT2D eigenvalue weighted by atomic mass is 10.2. The molecule has 1 aromatic heterocycles. The molecule has 1 amide bonds. The van der Waals surface area contributed by atoms with Crippen LogP contribution < -0.4 is 14.9 Å². The molecule has 1 aliphatic heterocycles. The second-order valence-electron chi connectivity index (χ2n) is 7.51. The minimum absolute atomic E-state index is 0.117. The van der Waals surface area contributed by atoms with Crippen molar-refractivity contribution in [2.45, 2.75) is 44.4 Å². The fourth-order valence-corrected chi connectivity index (χ4v) is 4.54. The third-order valence-corrected chi connectivity index (χ3v) is 6.38. The Balaban J connectivity index is 1.66. The first kappa shape index (κ1) is 23.1. The van der Waals surface area contributed by atoms with Crippen LogP contribution in [-0.2, 0) is 21.3 Å².